The van der Waals surface area contributed by atoms with E-state index >= 15 is 0 Å². The lowest BCUT2D eigenvalue weighted by atomic mass is 10.2. The van der Waals surface area contributed by atoms with Gasteiger partial charge in [0, 0.05) is 18.4 Å². The molecule has 1 heterocycles. The Morgan fingerprint density at radius 3 is 2.47 bits per heavy atom. The van der Waals surface area contributed by atoms with E-state index in [2.05, 4.69) is 15.2 Å². The summed E-state index contributed by atoms with van der Waals surface area (Å²) in [6.07, 6.45) is 2.04. The van der Waals surface area contributed by atoms with E-state index in [4.69, 9.17) is 0 Å². The highest BCUT2D eigenvalue weighted by Gasteiger charge is 2.07. The summed E-state index contributed by atoms with van der Waals surface area (Å²) in [7, 11) is -3.12. The van der Waals surface area contributed by atoms with Gasteiger partial charge in [0.1, 0.15) is 5.82 Å². The van der Waals surface area contributed by atoms with Crippen LogP contribution in [0.1, 0.15) is 18.3 Å². The van der Waals surface area contributed by atoms with Gasteiger partial charge in [0.2, 0.25) is 5.16 Å². The summed E-state index contributed by atoms with van der Waals surface area (Å²) in [5, 5.41) is 7.66. The number of aryl methyl sites for hydroxylation is 1. The van der Waals surface area contributed by atoms with E-state index in [1.165, 1.54) is 18.0 Å². The molecule has 0 atom stereocenters. The SMILES string of the molecule is CCc1nc(SCc2ccc(S(C)(=O)=O)cc2)n[nH]1. The molecule has 1 N–H and O–H groups in total. The van der Waals surface area contributed by atoms with Gasteiger partial charge in [-0.15, -0.1) is 5.10 Å². The molecule has 1 aromatic carbocycles. The number of rotatable bonds is 5. The molecule has 0 amide bonds. The monoisotopic (exact) mass is 297 g/mol. The van der Waals surface area contributed by atoms with Crippen LogP contribution in [0.5, 0.6) is 0 Å². The van der Waals surface area contributed by atoms with Crippen molar-refractivity contribution >= 4 is 21.6 Å². The molecule has 2 rings (SSSR count). The molecule has 7 heteroatoms. The van der Waals surface area contributed by atoms with Crippen molar-refractivity contribution in [2.45, 2.75) is 29.1 Å². The molecule has 1 aromatic heterocycles. The molecule has 0 aliphatic carbocycles. The predicted octanol–water partition coefficient (Wildman–Crippen LogP) is 2.06. The summed E-state index contributed by atoms with van der Waals surface area (Å²) in [5.74, 6) is 1.58. The number of H-pyrrole nitrogens is 1. The van der Waals surface area contributed by atoms with Crippen LogP contribution in [0.4, 0.5) is 0 Å². The van der Waals surface area contributed by atoms with Crippen molar-refractivity contribution in [3.05, 3.63) is 35.7 Å². The molecule has 0 spiro atoms. The van der Waals surface area contributed by atoms with Gasteiger partial charge in [-0.05, 0) is 17.7 Å². The second-order valence-electron chi connectivity index (χ2n) is 4.12. The maximum Gasteiger partial charge on any atom is 0.208 e. The first-order valence-electron chi connectivity index (χ1n) is 5.82. The summed E-state index contributed by atoms with van der Waals surface area (Å²) in [4.78, 5) is 4.64. The normalized spacial score (nSPS) is 11.7. The topological polar surface area (TPSA) is 75.7 Å². The number of nitrogens with one attached hydrogen (secondary N) is 1. The Balaban J connectivity index is 2.00. The Bertz CT molecular complexity index is 648. The lowest BCUT2D eigenvalue weighted by molar-refractivity contribution is 0.602. The third kappa shape index (κ3) is 3.81. The maximum atomic E-state index is 11.3. The zero-order chi connectivity index (χ0) is 13.9. The second kappa shape index (κ2) is 5.75. The van der Waals surface area contributed by atoms with E-state index in [9.17, 15) is 8.42 Å². The zero-order valence-corrected chi connectivity index (χ0v) is 12.4. The molecule has 0 saturated carbocycles. The number of sulfone groups is 1. The Kier molecular flexibility index (Phi) is 4.26. The smallest absolute Gasteiger partial charge is 0.208 e. The van der Waals surface area contributed by atoms with Crippen molar-refractivity contribution in [1.82, 2.24) is 15.2 Å². The number of thioether (sulfide) groups is 1. The Morgan fingerprint density at radius 1 is 1.26 bits per heavy atom. The van der Waals surface area contributed by atoms with Crippen LogP contribution in [-0.2, 0) is 22.0 Å². The summed E-state index contributed by atoms with van der Waals surface area (Å²) in [6.45, 7) is 2.01. The fourth-order valence-electron chi connectivity index (χ4n) is 1.48. The first kappa shape index (κ1) is 14.1. The van der Waals surface area contributed by atoms with Crippen molar-refractivity contribution in [3.63, 3.8) is 0 Å². The minimum atomic E-state index is -3.12. The van der Waals surface area contributed by atoms with Gasteiger partial charge in [0.25, 0.3) is 0 Å². The minimum Gasteiger partial charge on any atom is -0.262 e. The predicted molar refractivity (Wildman–Crippen MR) is 74.9 cm³/mol. The van der Waals surface area contributed by atoms with Crippen molar-refractivity contribution in [2.75, 3.05) is 6.26 Å². The number of benzene rings is 1. The number of hydrogen-bond acceptors (Lipinski definition) is 5. The fourth-order valence-corrected chi connectivity index (χ4v) is 2.88. The average Bonchev–Trinajstić information content (AvgIpc) is 2.84. The van der Waals surface area contributed by atoms with Crippen molar-refractivity contribution in [2.24, 2.45) is 0 Å². The van der Waals surface area contributed by atoms with E-state index in [-0.39, 0.29) is 0 Å². The van der Waals surface area contributed by atoms with Crippen LogP contribution < -0.4 is 0 Å². The molecule has 0 aliphatic heterocycles. The van der Waals surface area contributed by atoms with E-state index in [1.807, 2.05) is 19.1 Å². The van der Waals surface area contributed by atoms with E-state index in [1.54, 1.807) is 12.1 Å². The van der Waals surface area contributed by atoms with Gasteiger partial charge in [0.05, 0.1) is 4.90 Å². The highest BCUT2D eigenvalue weighted by molar-refractivity contribution is 7.98. The van der Waals surface area contributed by atoms with Crippen LogP contribution in [0.25, 0.3) is 0 Å². The van der Waals surface area contributed by atoms with Gasteiger partial charge in [-0.25, -0.2) is 13.4 Å². The van der Waals surface area contributed by atoms with Crippen LogP contribution in [-0.4, -0.2) is 29.9 Å². The lowest BCUT2D eigenvalue weighted by Gasteiger charge is -2.01. The van der Waals surface area contributed by atoms with Gasteiger partial charge < -0.3 is 0 Å². The third-order valence-corrected chi connectivity index (χ3v) is 4.61. The van der Waals surface area contributed by atoms with E-state index in [0.29, 0.717) is 15.8 Å². The van der Waals surface area contributed by atoms with Crippen molar-refractivity contribution in [3.8, 4) is 0 Å². The standard InChI is InChI=1S/C12H15N3O2S2/c1-3-11-13-12(15-14-11)18-8-9-4-6-10(7-5-9)19(2,16)17/h4-7H,3,8H2,1-2H3,(H,13,14,15). The number of nitrogens with zero attached hydrogens (tertiary/aromatic N) is 2. The highest BCUT2D eigenvalue weighted by atomic mass is 32.2. The van der Waals surface area contributed by atoms with Crippen LogP contribution in [0.2, 0.25) is 0 Å². The fraction of sp³-hybridized carbons (Fsp3) is 0.333. The summed E-state index contributed by atoms with van der Waals surface area (Å²) < 4.78 is 22.7. The maximum absolute atomic E-state index is 11.3. The molecule has 0 bridgehead atoms. The number of aromatic nitrogens is 3. The van der Waals surface area contributed by atoms with Gasteiger partial charge in [0.15, 0.2) is 9.84 Å². The molecule has 0 unspecified atom stereocenters. The van der Waals surface area contributed by atoms with Crippen LogP contribution >= 0.6 is 11.8 Å². The summed E-state index contributed by atoms with van der Waals surface area (Å²) in [6, 6.07) is 6.88. The summed E-state index contributed by atoms with van der Waals surface area (Å²) in [5.41, 5.74) is 1.04. The van der Waals surface area contributed by atoms with Crippen molar-refractivity contribution < 1.29 is 8.42 Å². The van der Waals surface area contributed by atoms with Crippen LogP contribution in [0, 0.1) is 0 Å². The van der Waals surface area contributed by atoms with Crippen LogP contribution in [0.3, 0.4) is 0 Å². The quantitative estimate of drug-likeness (QED) is 0.855. The molecule has 0 fully saturated rings. The zero-order valence-electron chi connectivity index (χ0n) is 10.8. The molecule has 2 aromatic rings. The highest BCUT2D eigenvalue weighted by Crippen LogP contribution is 2.20. The largest absolute Gasteiger partial charge is 0.262 e. The Hall–Kier alpha value is -1.34. The molecule has 0 aliphatic rings. The van der Waals surface area contributed by atoms with Crippen LogP contribution in [0.15, 0.2) is 34.3 Å². The molecule has 5 nitrogen and oxygen atoms in total. The van der Waals surface area contributed by atoms with Gasteiger partial charge >= 0.3 is 0 Å². The molecule has 102 valence electrons. The number of aromatic amines is 1. The van der Waals surface area contributed by atoms with Gasteiger partial charge in [-0.3, -0.25) is 5.10 Å². The molecule has 19 heavy (non-hydrogen) atoms. The summed E-state index contributed by atoms with van der Waals surface area (Å²) >= 11 is 1.52. The molecular formula is C12H15N3O2S2. The molecule has 0 saturated heterocycles. The first-order valence-corrected chi connectivity index (χ1v) is 8.70. The third-order valence-electron chi connectivity index (χ3n) is 2.57. The van der Waals surface area contributed by atoms with Gasteiger partial charge in [-0.2, -0.15) is 0 Å². The minimum absolute atomic E-state index is 0.340. The van der Waals surface area contributed by atoms with Crippen molar-refractivity contribution in [1.29, 1.82) is 0 Å². The van der Waals surface area contributed by atoms with E-state index < -0.39 is 9.84 Å². The molecular weight excluding hydrogens is 282 g/mol. The van der Waals surface area contributed by atoms with Gasteiger partial charge in [-0.1, -0.05) is 30.8 Å². The Morgan fingerprint density at radius 2 is 1.95 bits per heavy atom. The molecule has 0 radical (unpaired) electrons. The first-order chi connectivity index (χ1) is 8.99. The van der Waals surface area contributed by atoms with E-state index in [0.717, 1.165) is 17.8 Å². The average molecular weight is 297 g/mol. The second-order valence-corrected chi connectivity index (χ2v) is 7.08. The Labute approximate surface area is 116 Å². The lowest BCUT2D eigenvalue weighted by Crippen LogP contribution is -1.96. The number of hydrogen-bond donors (Lipinski definition) is 1.